The second kappa shape index (κ2) is 14.0. The first-order valence-corrected chi connectivity index (χ1v) is 13.0. The molecule has 1 aliphatic heterocycles. The van der Waals surface area contributed by atoms with E-state index in [2.05, 4.69) is 15.1 Å². The van der Waals surface area contributed by atoms with Crippen LogP contribution in [0.4, 0.5) is 0 Å². The second-order valence-electron chi connectivity index (χ2n) is 8.84. The topological polar surface area (TPSA) is 128 Å². The number of ether oxygens (including phenoxy) is 2. The summed E-state index contributed by atoms with van der Waals surface area (Å²) in [6, 6.07) is 0.0532. The van der Waals surface area contributed by atoms with E-state index in [1.165, 1.54) is 17.8 Å². The van der Waals surface area contributed by atoms with E-state index in [-0.39, 0.29) is 37.4 Å². The lowest BCUT2D eigenvalue weighted by molar-refractivity contribution is -0.132. The van der Waals surface area contributed by atoms with Gasteiger partial charge in [0.05, 0.1) is 6.10 Å². The third-order valence-electron chi connectivity index (χ3n) is 5.52. The average molecular weight is 529 g/mol. The molecule has 202 valence electrons. The monoisotopic (exact) mass is 528 g/mol. The number of carbonyl (C=O) groups is 1. The number of rotatable bonds is 13. The first kappa shape index (κ1) is 28.4. The van der Waals surface area contributed by atoms with Crippen LogP contribution in [0.15, 0.2) is 15.8 Å². The van der Waals surface area contributed by atoms with Gasteiger partial charge in [0, 0.05) is 32.3 Å². The highest BCUT2D eigenvalue weighted by atomic mass is 31.2. The minimum Gasteiger partial charge on any atom is -0.361 e. The van der Waals surface area contributed by atoms with Crippen molar-refractivity contribution in [1.82, 2.24) is 19.5 Å². The number of carbonyl (C=O) groups excluding carboxylic acids is 1. The fourth-order valence-electron chi connectivity index (χ4n) is 3.87. The largest absolute Gasteiger partial charge is 0.361 e. The van der Waals surface area contributed by atoms with Crippen LogP contribution in [0, 0.1) is 13.5 Å². The molecule has 2 heterocycles. The lowest BCUT2D eigenvalue weighted by atomic mass is 10.1. The molecular formula is C23H38N5O7P. The normalized spacial score (nSPS) is 24.1. The number of likely N-dealkylation sites (N-methyl/N-ethyl adjacent to an activating group) is 1. The van der Waals surface area contributed by atoms with E-state index in [0.717, 1.165) is 0 Å². The molecule has 1 aromatic heterocycles. The van der Waals surface area contributed by atoms with Crippen LogP contribution < -0.4 is 16.6 Å². The Labute approximate surface area is 214 Å². The molecule has 1 saturated heterocycles. The van der Waals surface area contributed by atoms with Gasteiger partial charge in [0.15, 0.2) is 6.23 Å². The third kappa shape index (κ3) is 7.44. The maximum Gasteiger partial charge on any atom is 0.330 e. The zero-order valence-corrected chi connectivity index (χ0v) is 22.8. The van der Waals surface area contributed by atoms with Gasteiger partial charge in [-0.1, -0.05) is 6.92 Å². The van der Waals surface area contributed by atoms with Gasteiger partial charge in [-0.3, -0.25) is 19.1 Å². The highest BCUT2D eigenvalue weighted by Gasteiger charge is 2.49. The van der Waals surface area contributed by atoms with Crippen LogP contribution >= 0.6 is 8.53 Å². The Balaban J connectivity index is 2.55. The molecule has 0 aromatic carbocycles. The fourth-order valence-corrected chi connectivity index (χ4v) is 5.61. The zero-order valence-electron chi connectivity index (χ0n) is 22.9. The van der Waals surface area contributed by atoms with Gasteiger partial charge < -0.3 is 28.7 Å². The van der Waals surface area contributed by atoms with E-state index in [9.17, 15) is 14.4 Å². The Kier molecular flexibility index (Phi) is 11.0. The molecule has 6 atom stereocenters. The Morgan fingerprint density at radius 2 is 2.03 bits per heavy atom. The smallest absolute Gasteiger partial charge is 0.330 e. The first-order valence-electron chi connectivity index (χ1n) is 12.4. The van der Waals surface area contributed by atoms with E-state index < -0.39 is 56.6 Å². The van der Waals surface area contributed by atoms with Gasteiger partial charge in [-0.05, 0) is 41.0 Å². The lowest BCUT2D eigenvalue weighted by Crippen LogP contribution is -2.43. The molecule has 36 heavy (non-hydrogen) atoms. The van der Waals surface area contributed by atoms with Gasteiger partial charge in [-0.15, -0.1) is 0 Å². The highest BCUT2D eigenvalue weighted by Crippen LogP contribution is 2.50. The van der Waals surface area contributed by atoms with Crippen molar-refractivity contribution in [1.29, 1.82) is 0 Å². The van der Waals surface area contributed by atoms with Crippen LogP contribution in [0.1, 0.15) is 54.2 Å². The Bertz CT molecular complexity index is 1050. The molecule has 12 nitrogen and oxygen atoms in total. The molecule has 0 aliphatic carbocycles. The summed E-state index contributed by atoms with van der Waals surface area (Å²) in [5.74, 6) is -0.397. The van der Waals surface area contributed by atoms with Crippen LogP contribution in [0.3, 0.4) is 0 Å². The Morgan fingerprint density at radius 3 is 2.58 bits per heavy atom. The van der Waals surface area contributed by atoms with Crippen molar-refractivity contribution in [2.24, 2.45) is 0 Å². The van der Waals surface area contributed by atoms with Crippen molar-refractivity contribution in [3.05, 3.63) is 44.0 Å². The van der Waals surface area contributed by atoms with Crippen LogP contribution in [0.25, 0.3) is 4.85 Å². The van der Waals surface area contributed by atoms with Crippen molar-refractivity contribution in [2.45, 2.75) is 84.6 Å². The van der Waals surface area contributed by atoms with Gasteiger partial charge in [0.25, 0.3) is 14.1 Å². The number of nitrogens with zero attached hydrogens (tertiary/aromatic N) is 3. The number of H-pyrrole nitrogens is 1. The summed E-state index contributed by atoms with van der Waals surface area (Å²) in [6.07, 6.45) is -3.27. The molecule has 1 aromatic rings. The number of hydrogen-bond donors (Lipinski definition) is 2. The summed E-state index contributed by atoms with van der Waals surface area (Å²) < 4.78 is 36.3. The maximum atomic E-state index is 12.7. The number of aromatic nitrogens is 2. The lowest BCUT2D eigenvalue weighted by Gasteiger charge is -2.38. The molecule has 13 heteroatoms. The summed E-state index contributed by atoms with van der Waals surface area (Å²) in [5.41, 5.74) is -0.960. The molecule has 1 unspecified atom stereocenters. The van der Waals surface area contributed by atoms with E-state index in [4.69, 9.17) is 26.5 Å². The summed E-state index contributed by atoms with van der Waals surface area (Å²) in [5, 5.41) is 2.49. The summed E-state index contributed by atoms with van der Waals surface area (Å²) in [7, 11) is -0.267. The van der Waals surface area contributed by atoms with Gasteiger partial charge in [0.1, 0.15) is 25.4 Å². The van der Waals surface area contributed by atoms with Crippen LogP contribution in [-0.2, 0) is 23.3 Å². The molecule has 0 saturated carbocycles. The third-order valence-corrected chi connectivity index (χ3v) is 7.65. The molecule has 0 spiro atoms. The molecule has 1 fully saturated rings. The quantitative estimate of drug-likeness (QED) is 0.226. The number of aryl methyl sites for hydroxylation is 1. The van der Waals surface area contributed by atoms with E-state index in [1.54, 1.807) is 13.8 Å². The van der Waals surface area contributed by atoms with E-state index in [0.29, 0.717) is 0 Å². The average Bonchev–Trinajstić information content (AvgIpc) is 3.17. The minimum absolute atomic E-state index is 0.0266. The number of hydrogen-bond acceptors (Lipinski definition) is 8. The molecule has 0 radical (unpaired) electrons. The molecular weight excluding hydrogens is 489 g/mol. The van der Waals surface area contributed by atoms with E-state index in [1.807, 2.05) is 32.4 Å². The van der Waals surface area contributed by atoms with Crippen LogP contribution in [0.5, 0.6) is 0 Å². The molecule has 1 amide bonds. The number of aromatic amines is 1. The Hall–Kier alpha value is -2.13. The van der Waals surface area contributed by atoms with Crippen molar-refractivity contribution in [3.63, 3.8) is 0 Å². The van der Waals surface area contributed by atoms with E-state index >= 15 is 0 Å². The summed E-state index contributed by atoms with van der Waals surface area (Å²) in [4.78, 5) is 42.4. The van der Waals surface area contributed by atoms with Crippen molar-refractivity contribution >= 4 is 14.4 Å². The molecule has 2 rings (SSSR count). The Morgan fingerprint density at radius 1 is 1.36 bits per heavy atom. The summed E-state index contributed by atoms with van der Waals surface area (Å²) in [6.45, 7) is 18.2. The predicted molar refractivity (Wildman–Crippen MR) is 135 cm³/mol. The fraction of sp³-hybridized carbons (Fsp3) is 0.739. The molecule has 0 bridgehead atoms. The number of nitrogens with one attached hydrogen (secondary N) is 2. The summed E-state index contributed by atoms with van der Waals surface area (Å²) >= 11 is 0. The maximum absolute atomic E-state index is 12.7. The van der Waals surface area contributed by atoms with Crippen LogP contribution in [0.2, 0.25) is 0 Å². The number of amides is 1. The predicted octanol–water partition coefficient (Wildman–Crippen LogP) is 1.95. The second-order valence-corrected chi connectivity index (χ2v) is 10.2. The highest BCUT2D eigenvalue weighted by molar-refractivity contribution is 7.44. The molecule has 2 N–H and O–H groups in total. The minimum atomic E-state index is -1.74. The first-order chi connectivity index (χ1) is 17.4. The van der Waals surface area contributed by atoms with Crippen molar-refractivity contribution < 1.29 is 24.7 Å². The molecule has 1 aliphatic rings. The van der Waals surface area contributed by atoms with Gasteiger partial charge in [-0.25, -0.2) is 16.0 Å². The van der Waals surface area contributed by atoms with Gasteiger partial charge in [0.2, 0.25) is 12.5 Å². The zero-order chi connectivity index (χ0) is 27.9. The standard InChI is InChI=1S/C23H38N5O7P/c1-9-17-19(35-36(33-11-10-24-7)28(14(2)3)15(4)5)20(32-13-18(29)25-8)22(34-17)27-12-16(6)21(30)26-23(27)31/h12,14-15,17,19-20,22H,9-11,13H2,1-6,8H3,(H,25,29)(H,26,30,31)/t17-,19-,20-,22-,36?/m1/s1/i9D/t9-,17-,19-,20-,22-,36?. The van der Waals surface area contributed by atoms with Crippen molar-refractivity contribution in [2.75, 3.05) is 26.8 Å². The SMILES string of the molecule is [2H][C@H](C)[C@H]1O[C@@H](n2cc(C)c(=O)[nH]c2=O)[C@H](OCC(=O)NC)[C@@H]1OP(OCC[N+]#[C-])N(C(C)C)C(C)C. The van der Waals surface area contributed by atoms with Gasteiger partial charge >= 0.3 is 5.69 Å². The van der Waals surface area contributed by atoms with Crippen molar-refractivity contribution in [3.8, 4) is 0 Å². The van der Waals surface area contributed by atoms with Crippen LogP contribution in [-0.4, -0.2) is 77.3 Å². The van der Waals surface area contributed by atoms with Gasteiger partial charge in [-0.2, -0.15) is 0 Å².